The molecule has 28 heavy (non-hydrogen) atoms. The molecule has 4 heteroatoms. The molecule has 0 radical (unpaired) electrons. The van der Waals surface area contributed by atoms with Gasteiger partial charge in [0.1, 0.15) is 17.2 Å². The number of nitrogen functional groups attached to an aromatic ring is 2. The van der Waals surface area contributed by atoms with Crippen LogP contribution in [0.5, 0.6) is 17.2 Å². The van der Waals surface area contributed by atoms with Gasteiger partial charge < -0.3 is 20.9 Å². The summed E-state index contributed by atoms with van der Waals surface area (Å²) in [6.45, 7) is 0.546. The Kier molecular flexibility index (Phi) is 5.02. The zero-order valence-corrected chi connectivity index (χ0v) is 15.5. The van der Waals surface area contributed by atoms with Gasteiger partial charge in [-0.25, -0.2) is 0 Å². The molecule has 0 aromatic heterocycles. The van der Waals surface area contributed by atoms with E-state index in [4.69, 9.17) is 20.9 Å². The van der Waals surface area contributed by atoms with Gasteiger partial charge in [-0.2, -0.15) is 0 Å². The SMILES string of the molecule is Nc1ccccc1OCCc1cccc2ccc(Oc3ccccc3N)cc12. The summed E-state index contributed by atoms with van der Waals surface area (Å²) in [6.07, 6.45) is 0.766. The minimum absolute atomic E-state index is 0.546. The molecule has 0 aliphatic carbocycles. The summed E-state index contributed by atoms with van der Waals surface area (Å²) in [4.78, 5) is 0. The fourth-order valence-electron chi connectivity index (χ4n) is 3.18. The highest BCUT2D eigenvalue weighted by molar-refractivity contribution is 5.87. The first-order valence-electron chi connectivity index (χ1n) is 9.22. The Bertz CT molecular complexity index is 1110. The molecule has 0 saturated carbocycles. The highest BCUT2D eigenvalue weighted by Gasteiger charge is 2.07. The molecule has 0 heterocycles. The molecule has 4 rings (SSSR count). The topological polar surface area (TPSA) is 70.5 Å². The predicted molar refractivity (Wildman–Crippen MR) is 115 cm³/mol. The summed E-state index contributed by atoms with van der Waals surface area (Å²) in [5, 5.41) is 2.30. The van der Waals surface area contributed by atoms with Crippen molar-refractivity contribution in [2.45, 2.75) is 6.42 Å². The minimum Gasteiger partial charge on any atom is -0.491 e. The highest BCUT2D eigenvalue weighted by atomic mass is 16.5. The Hall–Kier alpha value is -3.66. The lowest BCUT2D eigenvalue weighted by molar-refractivity contribution is 0.324. The molecular formula is C24H22N2O2. The smallest absolute Gasteiger partial charge is 0.150 e. The molecule has 0 aliphatic rings. The second kappa shape index (κ2) is 7.92. The molecule has 0 fully saturated rings. The maximum atomic E-state index is 5.99. The van der Waals surface area contributed by atoms with Crippen molar-refractivity contribution in [2.75, 3.05) is 18.1 Å². The number of hydrogen-bond acceptors (Lipinski definition) is 4. The first-order chi connectivity index (χ1) is 13.7. The van der Waals surface area contributed by atoms with Gasteiger partial charge in [-0.3, -0.25) is 0 Å². The maximum Gasteiger partial charge on any atom is 0.150 e. The van der Waals surface area contributed by atoms with Crippen LogP contribution in [0.2, 0.25) is 0 Å². The maximum absolute atomic E-state index is 5.99. The van der Waals surface area contributed by atoms with Gasteiger partial charge >= 0.3 is 0 Å². The van der Waals surface area contributed by atoms with E-state index < -0.39 is 0 Å². The normalized spacial score (nSPS) is 10.7. The molecule has 4 nitrogen and oxygen atoms in total. The quantitative estimate of drug-likeness (QED) is 0.445. The summed E-state index contributed by atoms with van der Waals surface area (Å²) in [5.41, 5.74) is 14.4. The van der Waals surface area contributed by atoms with Gasteiger partial charge in [0.25, 0.3) is 0 Å². The van der Waals surface area contributed by atoms with E-state index in [1.807, 2.05) is 60.7 Å². The third kappa shape index (κ3) is 3.86. The van der Waals surface area contributed by atoms with E-state index in [0.29, 0.717) is 29.5 Å². The lowest BCUT2D eigenvalue weighted by Gasteiger charge is -2.12. The lowest BCUT2D eigenvalue weighted by atomic mass is 10.0. The van der Waals surface area contributed by atoms with E-state index in [-0.39, 0.29) is 0 Å². The Morgan fingerprint density at radius 2 is 1.39 bits per heavy atom. The van der Waals surface area contributed by atoms with E-state index >= 15 is 0 Å². The monoisotopic (exact) mass is 370 g/mol. The number of rotatable bonds is 6. The first kappa shape index (κ1) is 17.7. The summed E-state index contributed by atoms with van der Waals surface area (Å²) in [7, 11) is 0. The molecule has 4 N–H and O–H groups in total. The van der Waals surface area contributed by atoms with Crippen LogP contribution in [0.25, 0.3) is 10.8 Å². The van der Waals surface area contributed by atoms with E-state index in [9.17, 15) is 0 Å². The zero-order chi connectivity index (χ0) is 19.3. The van der Waals surface area contributed by atoms with Crippen LogP contribution in [0.3, 0.4) is 0 Å². The molecule has 0 amide bonds. The first-order valence-corrected chi connectivity index (χ1v) is 9.22. The van der Waals surface area contributed by atoms with Gasteiger partial charge in [-0.1, -0.05) is 48.5 Å². The summed E-state index contributed by atoms with van der Waals surface area (Å²) in [6, 6.07) is 27.4. The van der Waals surface area contributed by atoms with Crippen molar-refractivity contribution in [1.29, 1.82) is 0 Å². The fourth-order valence-corrected chi connectivity index (χ4v) is 3.18. The predicted octanol–water partition coefficient (Wildman–Crippen LogP) is 5.42. The Labute approximate surface area is 164 Å². The van der Waals surface area contributed by atoms with Gasteiger partial charge in [0, 0.05) is 6.42 Å². The molecule has 0 unspecified atom stereocenters. The van der Waals surface area contributed by atoms with Crippen LogP contribution in [0.15, 0.2) is 84.9 Å². The summed E-state index contributed by atoms with van der Waals surface area (Å²) in [5.74, 6) is 2.12. The number of ether oxygens (including phenoxy) is 2. The largest absolute Gasteiger partial charge is 0.491 e. The molecule has 140 valence electrons. The van der Waals surface area contributed by atoms with Crippen molar-refractivity contribution in [1.82, 2.24) is 0 Å². The number of nitrogens with two attached hydrogens (primary N) is 2. The molecule has 4 aromatic rings. The third-order valence-electron chi connectivity index (χ3n) is 4.64. The molecule has 4 aromatic carbocycles. The molecule has 0 saturated heterocycles. The van der Waals surface area contributed by atoms with Crippen molar-refractivity contribution in [3.05, 3.63) is 90.5 Å². The van der Waals surface area contributed by atoms with E-state index in [1.54, 1.807) is 0 Å². The minimum atomic E-state index is 0.546. The number of hydrogen-bond donors (Lipinski definition) is 2. The standard InChI is InChI=1S/C24H22N2O2/c25-21-8-1-3-10-23(21)27-15-14-18-7-5-6-17-12-13-19(16-20(17)18)28-24-11-4-2-9-22(24)26/h1-13,16H,14-15,25-26H2. The summed E-state index contributed by atoms with van der Waals surface area (Å²) >= 11 is 0. The van der Waals surface area contributed by atoms with Crippen LogP contribution >= 0.6 is 0 Å². The Morgan fingerprint density at radius 1 is 0.679 bits per heavy atom. The Morgan fingerprint density at radius 3 is 2.14 bits per heavy atom. The van der Waals surface area contributed by atoms with Crippen LogP contribution in [-0.4, -0.2) is 6.61 Å². The number of anilines is 2. The van der Waals surface area contributed by atoms with E-state index in [0.717, 1.165) is 22.9 Å². The van der Waals surface area contributed by atoms with Crippen LogP contribution < -0.4 is 20.9 Å². The van der Waals surface area contributed by atoms with Gasteiger partial charge in [0.15, 0.2) is 0 Å². The average Bonchev–Trinajstić information content (AvgIpc) is 2.71. The zero-order valence-electron chi connectivity index (χ0n) is 15.5. The number of benzene rings is 4. The second-order valence-corrected chi connectivity index (χ2v) is 6.58. The molecular weight excluding hydrogens is 348 g/mol. The van der Waals surface area contributed by atoms with E-state index in [1.165, 1.54) is 5.56 Å². The van der Waals surface area contributed by atoms with Crippen molar-refractivity contribution in [3.63, 3.8) is 0 Å². The molecule has 0 spiro atoms. The van der Waals surface area contributed by atoms with Gasteiger partial charge in [-0.05, 0) is 52.7 Å². The van der Waals surface area contributed by atoms with Crippen LogP contribution in [0.1, 0.15) is 5.56 Å². The second-order valence-electron chi connectivity index (χ2n) is 6.58. The molecule has 0 atom stereocenters. The Balaban J connectivity index is 1.55. The average molecular weight is 370 g/mol. The third-order valence-corrected chi connectivity index (χ3v) is 4.64. The summed E-state index contributed by atoms with van der Waals surface area (Å²) < 4.78 is 11.8. The van der Waals surface area contributed by atoms with Crippen LogP contribution in [0, 0.1) is 0 Å². The lowest BCUT2D eigenvalue weighted by Crippen LogP contribution is -2.03. The molecule has 0 aliphatic heterocycles. The number of para-hydroxylation sites is 4. The fraction of sp³-hybridized carbons (Fsp3) is 0.0833. The van der Waals surface area contributed by atoms with Crippen molar-refractivity contribution in [3.8, 4) is 17.2 Å². The van der Waals surface area contributed by atoms with Gasteiger partial charge in [-0.15, -0.1) is 0 Å². The van der Waals surface area contributed by atoms with Crippen LogP contribution in [-0.2, 0) is 6.42 Å². The van der Waals surface area contributed by atoms with Crippen molar-refractivity contribution >= 4 is 22.1 Å². The molecule has 0 bridgehead atoms. The number of fused-ring (bicyclic) bond motifs is 1. The van der Waals surface area contributed by atoms with Gasteiger partial charge in [0.2, 0.25) is 0 Å². The highest BCUT2D eigenvalue weighted by Crippen LogP contribution is 2.31. The van der Waals surface area contributed by atoms with Crippen molar-refractivity contribution < 1.29 is 9.47 Å². The van der Waals surface area contributed by atoms with Crippen molar-refractivity contribution in [2.24, 2.45) is 0 Å². The van der Waals surface area contributed by atoms with E-state index in [2.05, 4.69) is 24.3 Å². The van der Waals surface area contributed by atoms with Crippen LogP contribution in [0.4, 0.5) is 11.4 Å². The van der Waals surface area contributed by atoms with Gasteiger partial charge in [0.05, 0.1) is 18.0 Å².